The number of carbonyl (C=O) groups excluding carboxylic acids is 1. The van der Waals surface area contributed by atoms with Gasteiger partial charge in [0.15, 0.2) is 5.82 Å². The monoisotopic (exact) mass is 294 g/mol. The van der Waals surface area contributed by atoms with Crippen LogP contribution in [0.1, 0.15) is 58.8 Å². The Morgan fingerprint density at radius 3 is 2.67 bits per heavy atom. The summed E-state index contributed by atoms with van der Waals surface area (Å²) in [4.78, 5) is 23.9. The van der Waals surface area contributed by atoms with E-state index in [0.717, 1.165) is 12.8 Å². The number of nitrogens with one attached hydrogen (secondary N) is 2. The highest BCUT2D eigenvalue weighted by molar-refractivity contribution is 5.79. The maximum Gasteiger partial charge on any atom is 0.343 e. The second-order valence-corrected chi connectivity index (χ2v) is 7.29. The number of amides is 1. The normalized spacial score (nSPS) is 26.3. The van der Waals surface area contributed by atoms with E-state index < -0.39 is 0 Å². The summed E-state index contributed by atoms with van der Waals surface area (Å²) in [6.07, 6.45) is 3.01. The smallest absolute Gasteiger partial charge is 0.343 e. The lowest BCUT2D eigenvalue weighted by molar-refractivity contribution is -0.128. The minimum atomic E-state index is -0.276. The first kappa shape index (κ1) is 15.8. The van der Waals surface area contributed by atoms with Gasteiger partial charge in [-0.3, -0.25) is 9.36 Å². The molecule has 1 fully saturated rings. The second kappa shape index (κ2) is 5.66. The predicted molar refractivity (Wildman–Crippen MR) is 80.7 cm³/mol. The number of aromatic amines is 1. The minimum absolute atomic E-state index is 0.0437. The lowest BCUT2D eigenvalue weighted by Crippen LogP contribution is -2.39. The molecule has 1 aromatic rings. The molecule has 1 aliphatic carbocycles. The summed E-state index contributed by atoms with van der Waals surface area (Å²) in [5.74, 6) is 1.23. The van der Waals surface area contributed by atoms with Crippen molar-refractivity contribution in [3.05, 3.63) is 16.3 Å². The van der Waals surface area contributed by atoms with Gasteiger partial charge in [-0.2, -0.15) is 5.10 Å². The number of hydrogen-bond acceptors (Lipinski definition) is 3. The van der Waals surface area contributed by atoms with Gasteiger partial charge < -0.3 is 5.32 Å². The van der Waals surface area contributed by atoms with Crippen molar-refractivity contribution < 1.29 is 4.79 Å². The number of H-pyrrole nitrogens is 1. The molecule has 3 atom stereocenters. The minimum Gasteiger partial charge on any atom is -0.346 e. The first-order chi connectivity index (χ1) is 9.69. The van der Waals surface area contributed by atoms with Gasteiger partial charge in [0.05, 0.1) is 6.04 Å². The van der Waals surface area contributed by atoms with E-state index in [1.54, 1.807) is 7.05 Å². The van der Waals surface area contributed by atoms with Gasteiger partial charge in [0.2, 0.25) is 5.91 Å². The molecule has 0 radical (unpaired) electrons. The summed E-state index contributed by atoms with van der Waals surface area (Å²) in [7, 11) is 1.65. The van der Waals surface area contributed by atoms with Crippen LogP contribution in [0.5, 0.6) is 0 Å². The summed E-state index contributed by atoms with van der Waals surface area (Å²) < 4.78 is 1.43. The maximum atomic E-state index is 12.5. The Morgan fingerprint density at radius 2 is 2.14 bits per heavy atom. The molecule has 118 valence electrons. The topological polar surface area (TPSA) is 79.8 Å². The van der Waals surface area contributed by atoms with Crippen LogP contribution < -0.4 is 11.0 Å². The summed E-state index contributed by atoms with van der Waals surface area (Å²) >= 11 is 0. The van der Waals surface area contributed by atoms with Crippen LogP contribution in [0.15, 0.2) is 4.79 Å². The van der Waals surface area contributed by atoms with Crippen LogP contribution in [0.4, 0.5) is 0 Å². The number of rotatable bonds is 3. The standard InChI is InChI=1S/C15H26N4O2/c1-9-6-11(8-15(3,4)7-9)13(20)16-10(2)12-17-18-14(21)19(12)5/h9-11H,6-8H2,1-5H3,(H,16,20)(H,18,21). The van der Waals surface area contributed by atoms with Crippen LogP contribution in [0.3, 0.4) is 0 Å². The quantitative estimate of drug-likeness (QED) is 0.891. The van der Waals surface area contributed by atoms with Crippen molar-refractivity contribution in [1.29, 1.82) is 0 Å². The molecule has 6 nitrogen and oxygen atoms in total. The molecule has 0 spiro atoms. The lowest BCUT2D eigenvalue weighted by Gasteiger charge is -2.38. The molecule has 1 saturated carbocycles. The van der Waals surface area contributed by atoms with Crippen molar-refractivity contribution in [2.24, 2.45) is 24.3 Å². The molecule has 1 aliphatic rings. The number of carbonyl (C=O) groups is 1. The number of nitrogens with zero attached hydrogens (tertiary/aromatic N) is 2. The average Bonchev–Trinajstić information content (AvgIpc) is 2.67. The van der Waals surface area contributed by atoms with Crippen molar-refractivity contribution >= 4 is 5.91 Å². The van der Waals surface area contributed by atoms with Crippen molar-refractivity contribution in [3.8, 4) is 0 Å². The highest BCUT2D eigenvalue weighted by atomic mass is 16.2. The fourth-order valence-corrected chi connectivity index (χ4v) is 3.69. The van der Waals surface area contributed by atoms with E-state index in [1.165, 1.54) is 11.0 Å². The van der Waals surface area contributed by atoms with Crippen LogP contribution in [-0.2, 0) is 11.8 Å². The highest BCUT2D eigenvalue weighted by Gasteiger charge is 2.36. The second-order valence-electron chi connectivity index (χ2n) is 7.29. The zero-order chi connectivity index (χ0) is 15.8. The Balaban J connectivity index is 2.04. The average molecular weight is 294 g/mol. The van der Waals surface area contributed by atoms with Gasteiger partial charge in [-0.15, -0.1) is 0 Å². The van der Waals surface area contributed by atoms with Crippen LogP contribution in [0, 0.1) is 17.3 Å². The zero-order valence-electron chi connectivity index (χ0n) is 13.6. The van der Waals surface area contributed by atoms with E-state index >= 15 is 0 Å². The molecule has 3 unspecified atom stereocenters. The molecule has 0 aliphatic heterocycles. The molecular weight excluding hydrogens is 268 g/mol. The van der Waals surface area contributed by atoms with E-state index in [2.05, 4.69) is 36.3 Å². The Bertz CT molecular complexity index is 572. The molecule has 1 aromatic heterocycles. The predicted octanol–water partition coefficient (Wildman–Crippen LogP) is 1.75. The van der Waals surface area contributed by atoms with Crippen molar-refractivity contribution in [2.45, 2.75) is 53.0 Å². The van der Waals surface area contributed by atoms with Gasteiger partial charge in [0.1, 0.15) is 0 Å². The van der Waals surface area contributed by atoms with E-state index in [-0.39, 0.29) is 29.0 Å². The molecular formula is C15H26N4O2. The van der Waals surface area contributed by atoms with E-state index in [0.29, 0.717) is 11.7 Å². The third-order valence-electron chi connectivity index (χ3n) is 4.42. The summed E-state index contributed by atoms with van der Waals surface area (Å²) in [5, 5.41) is 9.36. The highest BCUT2D eigenvalue weighted by Crippen LogP contribution is 2.41. The summed E-state index contributed by atoms with van der Waals surface area (Å²) in [5.41, 5.74) is -0.0548. The molecule has 2 rings (SSSR count). The first-order valence-electron chi connectivity index (χ1n) is 7.61. The van der Waals surface area contributed by atoms with Crippen LogP contribution in [-0.4, -0.2) is 20.7 Å². The van der Waals surface area contributed by atoms with E-state index in [4.69, 9.17) is 0 Å². The zero-order valence-corrected chi connectivity index (χ0v) is 13.6. The summed E-state index contributed by atoms with van der Waals surface area (Å²) in [6, 6.07) is -0.276. The summed E-state index contributed by atoms with van der Waals surface area (Å²) in [6.45, 7) is 8.51. The third kappa shape index (κ3) is 3.54. The SMILES string of the molecule is CC1CC(C(=O)NC(C)c2n[nH]c(=O)n2C)CC(C)(C)C1. The van der Waals surface area contributed by atoms with Gasteiger partial charge in [0.25, 0.3) is 0 Å². The molecule has 0 aromatic carbocycles. The van der Waals surface area contributed by atoms with Crippen molar-refractivity contribution in [2.75, 3.05) is 0 Å². The largest absolute Gasteiger partial charge is 0.346 e. The van der Waals surface area contributed by atoms with Gasteiger partial charge in [-0.1, -0.05) is 20.8 Å². The van der Waals surface area contributed by atoms with Crippen LogP contribution in [0.2, 0.25) is 0 Å². The fourth-order valence-electron chi connectivity index (χ4n) is 3.69. The van der Waals surface area contributed by atoms with Gasteiger partial charge >= 0.3 is 5.69 Å². The molecule has 0 saturated heterocycles. The van der Waals surface area contributed by atoms with Gasteiger partial charge in [0, 0.05) is 13.0 Å². The lowest BCUT2D eigenvalue weighted by atomic mass is 9.68. The Kier molecular flexibility index (Phi) is 4.25. The van der Waals surface area contributed by atoms with E-state index in [9.17, 15) is 9.59 Å². The molecule has 21 heavy (non-hydrogen) atoms. The molecule has 0 bridgehead atoms. The first-order valence-corrected chi connectivity index (χ1v) is 7.61. The van der Waals surface area contributed by atoms with Crippen molar-refractivity contribution in [3.63, 3.8) is 0 Å². The molecule has 6 heteroatoms. The molecule has 1 heterocycles. The van der Waals surface area contributed by atoms with Crippen molar-refractivity contribution in [1.82, 2.24) is 20.1 Å². The van der Waals surface area contributed by atoms with Gasteiger partial charge in [-0.05, 0) is 37.5 Å². The molecule has 1 amide bonds. The van der Waals surface area contributed by atoms with E-state index in [1.807, 2.05) is 6.92 Å². The fraction of sp³-hybridized carbons (Fsp3) is 0.800. The van der Waals surface area contributed by atoms with Crippen LogP contribution >= 0.6 is 0 Å². The third-order valence-corrected chi connectivity index (χ3v) is 4.42. The van der Waals surface area contributed by atoms with Gasteiger partial charge in [-0.25, -0.2) is 9.89 Å². The Morgan fingerprint density at radius 1 is 1.48 bits per heavy atom. The molecule has 2 N–H and O–H groups in total. The Labute approximate surface area is 125 Å². The maximum absolute atomic E-state index is 12.5. The Hall–Kier alpha value is -1.59. The van der Waals surface area contributed by atoms with Crippen LogP contribution in [0.25, 0.3) is 0 Å². The number of hydrogen-bond donors (Lipinski definition) is 2. The number of aromatic nitrogens is 3.